The maximum absolute atomic E-state index is 12.5. The topological polar surface area (TPSA) is 162 Å². The number of para-hydroxylation sites is 1. The number of hydrogen-bond acceptors (Lipinski definition) is 6. The standard InChI is InChI=1S/C22H24N4O4.C2HF3O2/c1-25-14-6-3-5-13-18(24-21(28)17(20(13)27)22(29)30)16(14)12-4-2-7-15(19(12)25)26-9-8-11(23)10-26;3-2(4,5)1(6)7/h2,4,7,11H,3,5-6,8-10,23H2,1H3,(H,29,30)(H2,24,27,28);(H,6,7)/t11-;/m0./s1. The van der Waals surface area contributed by atoms with Crippen LogP contribution in [-0.2, 0) is 24.7 Å². The molecule has 2 aromatic heterocycles. The monoisotopic (exact) mass is 522 g/mol. The van der Waals surface area contributed by atoms with Gasteiger partial charge in [-0.05, 0) is 31.7 Å². The molecule has 1 aliphatic carbocycles. The summed E-state index contributed by atoms with van der Waals surface area (Å²) in [6.07, 6.45) is -2.14. The molecule has 2 aliphatic rings. The van der Waals surface area contributed by atoms with Gasteiger partial charge in [-0.2, -0.15) is 13.2 Å². The van der Waals surface area contributed by atoms with Gasteiger partial charge in [0.15, 0.2) is 5.56 Å². The second kappa shape index (κ2) is 9.47. The number of alkyl halides is 3. The number of nitrogens with zero attached hydrogens (tertiary/aromatic N) is 2. The van der Waals surface area contributed by atoms with E-state index < -0.39 is 35.0 Å². The predicted octanol–water partition coefficient (Wildman–Crippen LogP) is 2.60. The van der Waals surface area contributed by atoms with Crippen LogP contribution in [0.3, 0.4) is 0 Å². The van der Waals surface area contributed by atoms with Gasteiger partial charge in [-0.1, -0.05) is 12.1 Å². The number of aromatic amines is 1. The third kappa shape index (κ3) is 4.61. The first-order valence-electron chi connectivity index (χ1n) is 11.5. The lowest BCUT2D eigenvalue weighted by Gasteiger charge is -2.20. The van der Waals surface area contributed by atoms with E-state index in [2.05, 4.69) is 20.5 Å². The molecule has 37 heavy (non-hydrogen) atoms. The summed E-state index contributed by atoms with van der Waals surface area (Å²) in [4.78, 5) is 38.0. The summed E-state index contributed by atoms with van der Waals surface area (Å²) in [5.74, 6) is -4.60. The van der Waals surface area contributed by atoms with Crippen molar-refractivity contribution < 1.29 is 38.1 Å². The molecule has 10 nitrogen and oxygen atoms in total. The van der Waals surface area contributed by atoms with Crippen LogP contribution >= 0.6 is 0 Å². The average molecular weight is 522 g/mol. The summed E-state index contributed by atoms with van der Waals surface area (Å²) in [5, 5.41) is 28.1. The molecular weight excluding hydrogens is 497 g/mol. The van der Waals surface area contributed by atoms with Crippen molar-refractivity contribution in [1.82, 2.24) is 9.55 Å². The Morgan fingerprint density at radius 2 is 1.86 bits per heavy atom. The summed E-state index contributed by atoms with van der Waals surface area (Å²) in [6.45, 7) is 1.69. The third-order valence-corrected chi connectivity index (χ3v) is 6.72. The second-order valence-electron chi connectivity index (χ2n) is 9.04. The summed E-state index contributed by atoms with van der Waals surface area (Å²) < 4.78 is 33.9. The van der Waals surface area contributed by atoms with Gasteiger partial charge < -0.3 is 35.5 Å². The van der Waals surface area contributed by atoms with Crippen molar-refractivity contribution in [2.75, 3.05) is 18.0 Å². The molecule has 0 amide bonds. The van der Waals surface area contributed by atoms with Gasteiger partial charge in [-0.15, -0.1) is 0 Å². The Balaban J connectivity index is 0.000000405. The van der Waals surface area contributed by atoms with Gasteiger partial charge in [0.2, 0.25) is 0 Å². The highest BCUT2D eigenvalue weighted by molar-refractivity contribution is 6.05. The number of aliphatic carboxylic acids is 1. The van der Waals surface area contributed by atoms with Crippen LogP contribution in [0.15, 0.2) is 23.0 Å². The van der Waals surface area contributed by atoms with Crippen molar-refractivity contribution >= 4 is 28.5 Å². The number of nitrogens with one attached hydrogen (secondary N) is 1. The molecule has 6 N–H and O–H groups in total. The normalized spacial score (nSPS) is 17.0. The average Bonchev–Trinajstić information content (AvgIpc) is 3.29. The van der Waals surface area contributed by atoms with Crippen molar-refractivity contribution in [2.24, 2.45) is 12.8 Å². The quantitative estimate of drug-likeness (QED) is 0.343. The molecule has 1 aliphatic heterocycles. The Morgan fingerprint density at radius 3 is 2.43 bits per heavy atom. The van der Waals surface area contributed by atoms with Gasteiger partial charge in [0, 0.05) is 48.4 Å². The second-order valence-corrected chi connectivity index (χ2v) is 9.04. The lowest BCUT2D eigenvalue weighted by atomic mass is 10.00. The first-order valence-corrected chi connectivity index (χ1v) is 11.5. The largest absolute Gasteiger partial charge is 0.506 e. The van der Waals surface area contributed by atoms with E-state index >= 15 is 0 Å². The molecule has 1 atom stereocenters. The van der Waals surface area contributed by atoms with E-state index in [1.807, 2.05) is 19.2 Å². The van der Waals surface area contributed by atoms with E-state index in [0.29, 0.717) is 17.7 Å². The van der Waals surface area contributed by atoms with Gasteiger partial charge in [0.25, 0.3) is 5.56 Å². The maximum atomic E-state index is 12.5. The number of nitrogens with two attached hydrogens (primary N) is 1. The van der Waals surface area contributed by atoms with Crippen LogP contribution in [0.2, 0.25) is 0 Å². The van der Waals surface area contributed by atoms with E-state index in [0.717, 1.165) is 60.2 Å². The Hall–Kier alpha value is -4.00. The first-order chi connectivity index (χ1) is 17.3. The van der Waals surface area contributed by atoms with E-state index in [1.165, 1.54) is 0 Å². The van der Waals surface area contributed by atoms with E-state index in [9.17, 15) is 33.0 Å². The number of carboxylic acid groups (broad SMARTS) is 2. The minimum absolute atomic E-state index is 0.154. The Morgan fingerprint density at radius 1 is 1.19 bits per heavy atom. The minimum Gasteiger partial charge on any atom is -0.506 e. The molecule has 0 unspecified atom stereocenters. The summed E-state index contributed by atoms with van der Waals surface area (Å²) in [6, 6.07) is 6.26. The molecule has 5 rings (SSSR count). The number of halogens is 3. The lowest BCUT2D eigenvalue weighted by Crippen LogP contribution is -2.26. The van der Waals surface area contributed by atoms with E-state index in [4.69, 9.17) is 15.6 Å². The van der Waals surface area contributed by atoms with Crippen molar-refractivity contribution in [3.05, 3.63) is 45.4 Å². The highest BCUT2D eigenvalue weighted by Gasteiger charge is 2.38. The van der Waals surface area contributed by atoms with Crippen LogP contribution in [0.4, 0.5) is 18.9 Å². The fourth-order valence-corrected chi connectivity index (χ4v) is 5.09. The number of carboxylic acids is 2. The predicted molar refractivity (Wildman–Crippen MR) is 128 cm³/mol. The van der Waals surface area contributed by atoms with Crippen LogP contribution in [-0.4, -0.2) is 62.1 Å². The minimum atomic E-state index is -5.08. The summed E-state index contributed by atoms with van der Waals surface area (Å²) in [5.41, 5.74) is 9.87. The van der Waals surface area contributed by atoms with Crippen LogP contribution in [0.5, 0.6) is 5.75 Å². The van der Waals surface area contributed by atoms with E-state index in [-0.39, 0.29) is 6.04 Å². The molecule has 0 bridgehead atoms. The molecule has 198 valence electrons. The third-order valence-electron chi connectivity index (χ3n) is 6.72. The molecule has 0 spiro atoms. The number of aromatic hydroxyl groups is 1. The molecule has 3 heterocycles. The molecule has 1 fully saturated rings. The Labute approximate surface area is 207 Å². The molecule has 0 radical (unpaired) electrons. The van der Waals surface area contributed by atoms with Crippen molar-refractivity contribution in [3.63, 3.8) is 0 Å². The number of rotatable bonds is 2. The Bertz CT molecular complexity index is 1460. The summed E-state index contributed by atoms with van der Waals surface area (Å²) in [7, 11) is 2.02. The molecule has 13 heteroatoms. The fraction of sp³-hybridized carbons (Fsp3) is 0.375. The number of H-pyrrole nitrogens is 1. The van der Waals surface area contributed by atoms with Gasteiger partial charge >= 0.3 is 18.1 Å². The van der Waals surface area contributed by atoms with Crippen LogP contribution in [0, 0.1) is 0 Å². The summed E-state index contributed by atoms with van der Waals surface area (Å²) >= 11 is 0. The van der Waals surface area contributed by atoms with Crippen LogP contribution in [0.25, 0.3) is 22.2 Å². The number of pyridine rings is 1. The number of aromatic carboxylic acids is 1. The van der Waals surface area contributed by atoms with Gasteiger partial charge in [0.1, 0.15) is 5.75 Å². The number of carbonyl (C=O) groups is 2. The van der Waals surface area contributed by atoms with Gasteiger partial charge in [-0.3, -0.25) is 4.79 Å². The van der Waals surface area contributed by atoms with Gasteiger partial charge in [-0.25, -0.2) is 9.59 Å². The zero-order valence-electron chi connectivity index (χ0n) is 19.7. The molecule has 1 saturated heterocycles. The number of fused-ring (bicyclic) bond motifs is 5. The highest BCUT2D eigenvalue weighted by Crippen LogP contribution is 2.43. The zero-order valence-corrected chi connectivity index (χ0v) is 19.7. The van der Waals surface area contributed by atoms with Crippen LogP contribution in [0.1, 0.15) is 34.5 Å². The molecule has 3 aromatic rings. The zero-order chi connectivity index (χ0) is 27.2. The van der Waals surface area contributed by atoms with Crippen molar-refractivity contribution in [3.8, 4) is 17.0 Å². The molecular formula is C24H25F3N4O6. The number of hydrogen-bond donors (Lipinski definition) is 5. The molecule has 1 aromatic carbocycles. The fourth-order valence-electron chi connectivity index (χ4n) is 5.09. The van der Waals surface area contributed by atoms with E-state index in [1.54, 1.807) is 0 Å². The van der Waals surface area contributed by atoms with Crippen LogP contribution < -0.4 is 16.2 Å². The SMILES string of the molecule is Cn1c2c(c3cccc(N4CC[C@H](N)C4)c31)-c1[nH]c(=O)c(C(=O)O)c(O)c1CCC2.O=C(O)C(F)(F)F. The van der Waals surface area contributed by atoms with Gasteiger partial charge in [0.05, 0.1) is 16.9 Å². The van der Waals surface area contributed by atoms with Crippen molar-refractivity contribution in [2.45, 2.75) is 37.9 Å². The highest BCUT2D eigenvalue weighted by atomic mass is 19.4. The first kappa shape index (κ1) is 26.1. The number of aryl methyl sites for hydroxylation is 1. The number of aromatic nitrogens is 2. The Kier molecular flexibility index (Phi) is 6.67. The lowest BCUT2D eigenvalue weighted by molar-refractivity contribution is -0.192. The smallest absolute Gasteiger partial charge is 0.490 e. The van der Waals surface area contributed by atoms with Crippen molar-refractivity contribution in [1.29, 1.82) is 0 Å². The number of anilines is 1. The maximum Gasteiger partial charge on any atom is 0.490 e. The molecule has 0 saturated carbocycles. The number of benzene rings is 1.